The van der Waals surface area contributed by atoms with Crippen molar-refractivity contribution in [2.24, 2.45) is 0 Å². The van der Waals surface area contributed by atoms with E-state index in [0.29, 0.717) is 16.2 Å². The van der Waals surface area contributed by atoms with E-state index < -0.39 is 41.3 Å². The molecule has 2 aliphatic heterocycles. The number of thiophene rings is 1. The molecule has 2 unspecified atom stereocenters. The molecule has 0 aliphatic carbocycles. The van der Waals surface area contributed by atoms with Crippen LogP contribution in [0.4, 0.5) is 0 Å². The fraction of sp³-hybridized carbons (Fsp3) is 0.250. The fourth-order valence-electron chi connectivity index (χ4n) is 3.35. The Balaban J connectivity index is 1.51. The topological polar surface area (TPSA) is 126 Å². The first-order valence-electron chi connectivity index (χ1n) is 9.21. The molecule has 2 N–H and O–H groups in total. The number of β-lactam (4-membered cyclic amide) rings is 1. The number of aliphatic carboxylic acids is 1. The number of nitrogens with one attached hydrogen (secondary N) is 1. The van der Waals surface area contributed by atoms with E-state index in [-0.39, 0.29) is 11.3 Å². The fourth-order valence-corrected chi connectivity index (χ4v) is 5.39. The summed E-state index contributed by atoms with van der Waals surface area (Å²) in [5.74, 6) is -2.59. The minimum absolute atomic E-state index is 0.0434. The highest BCUT2D eigenvalue weighted by atomic mass is 32.2. The van der Waals surface area contributed by atoms with Gasteiger partial charge in [0.2, 0.25) is 6.10 Å². The van der Waals surface area contributed by atoms with E-state index in [1.807, 2.05) is 0 Å². The molecule has 3 atom stereocenters. The summed E-state index contributed by atoms with van der Waals surface area (Å²) >= 11 is 2.61. The summed E-state index contributed by atoms with van der Waals surface area (Å²) in [6.45, 7) is 1.66. The number of thioether (sulfide) groups is 1. The van der Waals surface area contributed by atoms with E-state index in [2.05, 4.69) is 10.3 Å². The predicted octanol–water partition coefficient (Wildman–Crippen LogP) is 1.80. The number of ether oxygens (including phenoxy) is 1. The first-order valence-corrected chi connectivity index (χ1v) is 11.1. The van der Waals surface area contributed by atoms with Gasteiger partial charge in [-0.3, -0.25) is 19.5 Å². The number of nitrogens with zero attached hydrogens (tertiary/aromatic N) is 2. The molecule has 0 saturated carbocycles. The molecule has 0 spiro atoms. The zero-order valence-electron chi connectivity index (χ0n) is 16.2. The first kappa shape index (κ1) is 21.1. The second-order valence-electron chi connectivity index (χ2n) is 6.87. The number of hydrogen-bond acceptors (Lipinski definition) is 8. The van der Waals surface area contributed by atoms with Gasteiger partial charge in [0, 0.05) is 18.1 Å². The van der Waals surface area contributed by atoms with E-state index in [9.17, 15) is 24.3 Å². The van der Waals surface area contributed by atoms with Gasteiger partial charge in [0.15, 0.2) is 0 Å². The van der Waals surface area contributed by atoms with Gasteiger partial charge in [0.05, 0.1) is 10.4 Å². The zero-order chi connectivity index (χ0) is 22.1. The number of amides is 2. The van der Waals surface area contributed by atoms with Crippen LogP contribution < -0.4 is 5.32 Å². The van der Waals surface area contributed by atoms with Crippen LogP contribution in [0, 0.1) is 0 Å². The molecule has 1 fully saturated rings. The lowest BCUT2D eigenvalue weighted by molar-refractivity contribution is -0.151. The van der Waals surface area contributed by atoms with Gasteiger partial charge < -0.3 is 15.2 Å². The van der Waals surface area contributed by atoms with Crippen LogP contribution in [0.2, 0.25) is 0 Å². The molecule has 4 rings (SSSR count). The maximum Gasteiger partial charge on any atom is 0.352 e. The van der Waals surface area contributed by atoms with Gasteiger partial charge in [-0.15, -0.1) is 23.1 Å². The number of pyridine rings is 1. The third-order valence-electron chi connectivity index (χ3n) is 4.84. The lowest BCUT2D eigenvalue weighted by Crippen LogP contribution is -2.70. The van der Waals surface area contributed by atoms with Gasteiger partial charge in [-0.2, -0.15) is 0 Å². The third kappa shape index (κ3) is 3.93. The molecule has 11 heteroatoms. The molecule has 160 valence electrons. The van der Waals surface area contributed by atoms with Gasteiger partial charge in [0.25, 0.3) is 11.8 Å². The predicted molar refractivity (Wildman–Crippen MR) is 112 cm³/mol. The van der Waals surface area contributed by atoms with Crippen molar-refractivity contribution >= 4 is 46.9 Å². The molecule has 1 saturated heterocycles. The Labute approximate surface area is 185 Å². The number of rotatable bonds is 6. The highest BCUT2D eigenvalue weighted by Gasteiger charge is 2.54. The second kappa shape index (κ2) is 8.52. The molecule has 0 radical (unpaired) electrons. The van der Waals surface area contributed by atoms with Crippen molar-refractivity contribution in [1.82, 2.24) is 15.2 Å². The minimum atomic E-state index is -1.24. The van der Waals surface area contributed by atoms with Crippen LogP contribution in [0.5, 0.6) is 0 Å². The van der Waals surface area contributed by atoms with Gasteiger partial charge in [-0.1, -0.05) is 6.07 Å². The SMILES string of the molecule is CC1=C(C(=O)O)N2C(=O)C(NC(=O)C(OC(=O)c3ccncc3)c3cccs3)[C@@H]2SC1. The van der Waals surface area contributed by atoms with E-state index in [4.69, 9.17) is 4.74 Å². The lowest BCUT2D eigenvalue weighted by Gasteiger charge is -2.49. The Bertz CT molecular complexity index is 1070. The molecule has 0 aromatic carbocycles. The number of carboxylic acids is 1. The van der Waals surface area contributed by atoms with Crippen molar-refractivity contribution in [3.8, 4) is 0 Å². The molecule has 9 nitrogen and oxygen atoms in total. The van der Waals surface area contributed by atoms with Crippen molar-refractivity contribution in [3.63, 3.8) is 0 Å². The molecular formula is C20H17N3O6S2. The maximum atomic E-state index is 13.0. The molecule has 2 aromatic rings. The summed E-state index contributed by atoms with van der Waals surface area (Å²) in [6, 6.07) is 5.43. The van der Waals surface area contributed by atoms with Gasteiger partial charge in [-0.05, 0) is 36.1 Å². The quantitative estimate of drug-likeness (QED) is 0.495. The summed E-state index contributed by atoms with van der Waals surface area (Å²) < 4.78 is 5.46. The normalized spacial score (nSPS) is 21.1. The average molecular weight is 460 g/mol. The van der Waals surface area contributed by atoms with Crippen molar-refractivity contribution in [2.45, 2.75) is 24.4 Å². The largest absolute Gasteiger partial charge is 0.477 e. The minimum Gasteiger partial charge on any atom is -0.477 e. The van der Waals surface area contributed by atoms with Gasteiger partial charge in [0.1, 0.15) is 17.1 Å². The first-order chi connectivity index (χ1) is 14.9. The molecule has 2 aliphatic rings. The van der Waals surface area contributed by atoms with Crippen LogP contribution in [-0.4, -0.2) is 55.9 Å². The number of esters is 1. The summed E-state index contributed by atoms with van der Waals surface area (Å²) in [5.41, 5.74) is 0.789. The Morgan fingerprint density at radius 2 is 2.03 bits per heavy atom. The monoisotopic (exact) mass is 459 g/mol. The van der Waals surface area contributed by atoms with Gasteiger partial charge >= 0.3 is 11.9 Å². The van der Waals surface area contributed by atoms with Crippen molar-refractivity contribution in [1.29, 1.82) is 0 Å². The van der Waals surface area contributed by atoms with Crippen LogP contribution in [0.15, 0.2) is 53.3 Å². The van der Waals surface area contributed by atoms with Crippen molar-refractivity contribution in [3.05, 3.63) is 63.7 Å². The summed E-state index contributed by atoms with van der Waals surface area (Å²) in [4.78, 5) is 55.2. The average Bonchev–Trinajstić information content (AvgIpc) is 3.30. The van der Waals surface area contributed by atoms with Crippen LogP contribution in [-0.2, 0) is 19.1 Å². The number of carbonyl (C=O) groups excluding carboxylic acids is 3. The standard InChI is InChI=1S/C20H17N3O6S2/c1-10-9-31-18-13(17(25)23(18)14(10)19(26)27)22-16(24)15(12-3-2-8-30-12)29-20(28)11-4-6-21-7-5-11/h2-8,13,15,18H,9H2,1H3,(H,22,24)(H,26,27)/t13?,15?,18-/m0/s1. The summed E-state index contributed by atoms with van der Waals surface area (Å²) in [6.07, 6.45) is 1.63. The van der Waals surface area contributed by atoms with Crippen LogP contribution in [0.1, 0.15) is 28.3 Å². The molecule has 2 amide bonds. The maximum absolute atomic E-state index is 13.0. The van der Waals surface area contributed by atoms with Gasteiger partial charge in [-0.25, -0.2) is 9.59 Å². The number of fused-ring (bicyclic) bond motifs is 1. The highest BCUT2D eigenvalue weighted by molar-refractivity contribution is 8.00. The molecule has 4 heterocycles. The number of carboxylic acid groups (broad SMARTS) is 1. The Hall–Kier alpha value is -3.18. The van der Waals surface area contributed by atoms with Crippen LogP contribution in [0.25, 0.3) is 0 Å². The van der Waals surface area contributed by atoms with E-state index in [1.54, 1.807) is 24.4 Å². The second-order valence-corrected chi connectivity index (χ2v) is 8.95. The summed E-state index contributed by atoms with van der Waals surface area (Å²) in [5, 5.41) is 13.3. The highest BCUT2D eigenvalue weighted by Crippen LogP contribution is 2.40. The van der Waals surface area contributed by atoms with E-state index >= 15 is 0 Å². The Morgan fingerprint density at radius 1 is 1.29 bits per heavy atom. The Kier molecular flexibility index (Phi) is 5.79. The molecule has 31 heavy (non-hydrogen) atoms. The smallest absolute Gasteiger partial charge is 0.352 e. The van der Waals surface area contributed by atoms with Crippen LogP contribution in [0.3, 0.4) is 0 Å². The number of carbonyl (C=O) groups is 4. The number of aromatic nitrogens is 1. The molecule has 2 aromatic heterocycles. The third-order valence-corrected chi connectivity index (χ3v) is 7.18. The zero-order valence-corrected chi connectivity index (χ0v) is 17.8. The molecule has 0 bridgehead atoms. The lowest BCUT2D eigenvalue weighted by atomic mass is 10.0. The summed E-state index contributed by atoms with van der Waals surface area (Å²) in [7, 11) is 0. The van der Waals surface area contributed by atoms with Crippen molar-refractivity contribution < 1.29 is 29.0 Å². The molecular weight excluding hydrogens is 442 g/mol. The van der Waals surface area contributed by atoms with E-state index in [1.165, 1.54) is 52.5 Å². The van der Waals surface area contributed by atoms with E-state index in [0.717, 1.165) is 0 Å². The number of hydrogen-bond donors (Lipinski definition) is 2. The van der Waals surface area contributed by atoms with Crippen LogP contribution >= 0.6 is 23.1 Å². The van der Waals surface area contributed by atoms with Crippen molar-refractivity contribution in [2.75, 3.05) is 5.75 Å². The Morgan fingerprint density at radius 3 is 2.68 bits per heavy atom.